The molecule has 112 valence electrons. The Kier molecular flexibility index (Phi) is 4.28. The topological polar surface area (TPSA) is 24.9 Å². The Hall–Kier alpha value is -0.990. The van der Waals surface area contributed by atoms with Crippen molar-refractivity contribution in [2.24, 2.45) is 0 Å². The summed E-state index contributed by atoms with van der Waals surface area (Å²) in [7, 11) is 0. The molecular formula is C17H20Cl2N2. The lowest BCUT2D eigenvalue weighted by atomic mass is 10.0. The minimum Gasteiger partial charge on any atom is -0.385 e. The van der Waals surface area contributed by atoms with E-state index in [4.69, 9.17) is 28.2 Å². The lowest BCUT2D eigenvalue weighted by Crippen LogP contribution is -2.04. The van der Waals surface area contributed by atoms with Crippen molar-refractivity contribution in [3.63, 3.8) is 0 Å². The highest BCUT2D eigenvalue weighted by Gasteiger charge is 2.21. The Bertz CT molecular complexity index is 676. The number of benzene rings is 1. The molecule has 1 saturated carbocycles. The van der Waals surface area contributed by atoms with Gasteiger partial charge in [-0.25, -0.2) is 0 Å². The molecule has 0 aliphatic heterocycles. The quantitative estimate of drug-likeness (QED) is 0.756. The molecule has 1 aliphatic carbocycles. The summed E-state index contributed by atoms with van der Waals surface area (Å²) in [5.74, 6) is 0.558. The number of pyridine rings is 1. The van der Waals surface area contributed by atoms with E-state index in [2.05, 4.69) is 18.3 Å². The van der Waals surface area contributed by atoms with Crippen LogP contribution in [0.4, 0.5) is 5.69 Å². The molecule has 0 radical (unpaired) electrons. The monoisotopic (exact) mass is 322 g/mol. The van der Waals surface area contributed by atoms with Crippen LogP contribution in [-0.2, 0) is 0 Å². The average Bonchev–Trinajstić information content (AvgIpc) is 2.99. The summed E-state index contributed by atoms with van der Waals surface area (Å²) in [6, 6.07) is 4.08. The lowest BCUT2D eigenvalue weighted by molar-refractivity contribution is 0.701. The molecule has 1 aromatic heterocycles. The lowest BCUT2D eigenvalue weighted by Gasteiger charge is -2.17. The predicted octanol–water partition coefficient (Wildman–Crippen LogP) is 5.94. The van der Waals surface area contributed by atoms with Crippen LogP contribution in [-0.4, -0.2) is 11.5 Å². The molecular weight excluding hydrogens is 303 g/mol. The van der Waals surface area contributed by atoms with Gasteiger partial charge >= 0.3 is 0 Å². The van der Waals surface area contributed by atoms with Crippen LogP contribution in [0.3, 0.4) is 0 Å². The highest BCUT2D eigenvalue weighted by molar-refractivity contribution is 6.41. The summed E-state index contributed by atoms with van der Waals surface area (Å²) >= 11 is 12.9. The predicted molar refractivity (Wildman–Crippen MR) is 91.9 cm³/mol. The third-order valence-electron chi connectivity index (χ3n) is 4.32. The first-order valence-electron chi connectivity index (χ1n) is 7.65. The summed E-state index contributed by atoms with van der Waals surface area (Å²) in [5.41, 5.74) is 4.02. The fraction of sp³-hybridized carbons (Fsp3) is 0.471. The second-order valence-corrected chi connectivity index (χ2v) is 6.60. The standard InChI is InChI=1S/C17H20Cl2N2/c1-3-20-14-9-13(11-6-4-5-7-11)21-17-12(18)8-10(2)16(19)15(14)17/h8-9,11H,3-7H2,1-2H3,(H,20,21). The van der Waals surface area contributed by atoms with Crippen molar-refractivity contribution in [3.8, 4) is 0 Å². The number of hydrogen-bond acceptors (Lipinski definition) is 2. The molecule has 0 unspecified atom stereocenters. The number of rotatable bonds is 3. The Balaban J connectivity index is 2.25. The number of aryl methyl sites for hydroxylation is 1. The van der Waals surface area contributed by atoms with Gasteiger partial charge in [-0.15, -0.1) is 0 Å². The molecule has 0 saturated heterocycles. The first-order chi connectivity index (χ1) is 10.1. The van der Waals surface area contributed by atoms with Gasteiger partial charge in [0, 0.05) is 29.2 Å². The number of nitrogens with zero attached hydrogens (tertiary/aromatic N) is 1. The number of anilines is 1. The van der Waals surface area contributed by atoms with Crippen molar-refractivity contribution in [1.29, 1.82) is 0 Å². The summed E-state index contributed by atoms with van der Waals surface area (Å²) in [5, 5.41) is 5.81. The van der Waals surface area contributed by atoms with E-state index in [0.29, 0.717) is 10.9 Å². The van der Waals surface area contributed by atoms with E-state index in [1.165, 1.54) is 25.7 Å². The molecule has 3 rings (SSSR count). The van der Waals surface area contributed by atoms with E-state index in [1.807, 2.05) is 13.0 Å². The Morgan fingerprint density at radius 2 is 1.95 bits per heavy atom. The van der Waals surface area contributed by atoms with Crippen molar-refractivity contribution < 1.29 is 0 Å². The van der Waals surface area contributed by atoms with Crippen LogP contribution in [0.2, 0.25) is 10.0 Å². The minimum absolute atomic E-state index is 0.558. The summed E-state index contributed by atoms with van der Waals surface area (Å²) in [6.07, 6.45) is 5.04. The maximum Gasteiger partial charge on any atom is 0.0927 e. The largest absolute Gasteiger partial charge is 0.385 e. The maximum absolute atomic E-state index is 6.51. The van der Waals surface area contributed by atoms with E-state index < -0.39 is 0 Å². The molecule has 0 bridgehead atoms. The summed E-state index contributed by atoms with van der Waals surface area (Å²) < 4.78 is 0. The summed E-state index contributed by atoms with van der Waals surface area (Å²) in [4.78, 5) is 4.85. The number of hydrogen-bond donors (Lipinski definition) is 1. The van der Waals surface area contributed by atoms with Crippen LogP contribution in [0.1, 0.15) is 49.8 Å². The van der Waals surface area contributed by atoms with Gasteiger partial charge in [-0.1, -0.05) is 36.0 Å². The highest BCUT2D eigenvalue weighted by Crippen LogP contribution is 2.40. The Morgan fingerprint density at radius 3 is 2.62 bits per heavy atom. The van der Waals surface area contributed by atoms with Gasteiger partial charge in [-0.05, 0) is 44.4 Å². The third-order valence-corrected chi connectivity index (χ3v) is 5.09. The van der Waals surface area contributed by atoms with Crippen LogP contribution in [0.5, 0.6) is 0 Å². The van der Waals surface area contributed by atoms with Crippen molar-refractivity contribution in [1.82, 2.24) is 4.98 Å². The number of aromatic nitrogens is 1. The van der Waals surface area contributed by atoms with Crippen molar-refractivity contribution in [2.75, 3.05) is 11.9 Å². The number of fused-ring (bicyclic) bond motifs is 1. The van der Waals surface area contributed by atoms with Crippen LogP contribution >= 0.6 is 23.2 Å². The molecule has 4 heteroatoms. The van der Waals surface area contributed by atoms with Crippen molar-refractivity contribution in [3.05, 3.63) is 33.4 Å². The van der Waals surface area contributed by atoms with E-state index in [1.54, 1.807) is 0 Å². The molecule has 2 nitrogen and oxygen atoms in total. The van der Waals surface area contributed by atoms with Crippen LogP contribution in [0.25, 0.3) is 10.9 Å². The van der Waals surface area contributed by atoms with Gasteiger partial charge in [0.15, 0.2) is 0 Å². The third kappa shape index (κ3) is 2.72. The van der Waals surface area contributed by atoms with Gasteiger partial charge in [0.05, 0.1) is 15.6 Å². The first kappa shape index (κ1) is 14.9. The van der Waals surface area contributed by atoms with Gasteiger partial charge in [-0.2, -0.15) is 0 Å². The van der Waals surface area contributed by atoms with Gasteiger partial charge in [0.2, 0.25) is 0 Å². The summed E-state index contributed by atoms with van der Waals surface area (Å²) in [6.45, 7) is 4.92. The Labute approximate surface area is 135 Å². The van der Waals surface area contributed by atoms with E-state index in [9.17, 15) is 0 Å². The molecule has 1 fully saturated rings. The SMILES string of the molecule is CCNc1cc(C2CCCC2)nc2c(Cl)cc(C)c(Cl)c12. The molecule has 21 heavy (non-hydrogen) atoms. The van der Waals surface area contributed by atoms with Gasteiger partial charge in [-0.3, -0.25) is 4.98 Å². The van der Waals surface area contributed by atoms with Gasteiger partial charge < -0.3 is 5.32 Å². The molecule has 1 heterocycles. The zero-order valence-electron chi connectivity index (χ0n) is 12.5. The highest BCUT2D eigenvalue weighted by atomic mass is 35.5. The second kappa shape index (κ2) is 6.02. The van der Waals surface area contributed by atoms with Crippen LogP contribution in [0.15, 0.2) is 12.1 Å². The van der Waals surface area contributed by atoms with Gasteiger partial charge in [0.25, 0.3) is 0 Å². The first-order valence-corrected chi connectivity index (χ1v) is 8.40. The van der Waals surface area contributed by atoms with Crippen LogP contribution < -0.4 is 5.32 Å². The zero-order chi connectivity index (χ0) is 15.0. The van der Waals surface area contributed by atoms with Crippen molar-refractivity contribution in [2.45, 2.75) is 45.4 Å². The Morgan fingerprint density at radius 1 is 1.24 bits per heavy atom. The van der Waals surface area contributed by atoms with E-state index in [-0.39, 0.29) is 0 Å². The minimum atomic E-state index is 0.558. The van der Waals surface area contributed by atoms with Gasteiger partial charge in [0.1, 0.15) is 0 Å². The molecule has 2 aromatic rings. The fourth-order valence-corrected chi connectivity index (χ4v) is 3.79. The number of halogens is 2. The second-order valence-electron chi connectivity index (χ2n) is 5.82. The number of nitrogens with one attached hydrogen (secondary N) is 1. The molecule has 0 atom stereocenters. The van der Waals surface area contributed by atoms with E-state index >= 15 is 0 Å². The smallest absolute Gasteiger partial charge is 0.0927 e. The average molecular weight is 323 g/mol. The molecule has 0 spiro atoms. The normalized spacial score (nSPS) is 15.8. The molecule has 1 N–H and O–H groups in total. The van der Waals surface area contributed by atoms with Crippen molar-refractivity contribution >= 4 is 39.8 Å². The molecule has 0 amide bonds. The van der Waals surface area contributed by atoms with Crippen LogP contribution in [0, 0.1) is 6.92 Å². The molecule has 1 aromatic carbocycles. The van der Waals surface area contributed by atoms with E-state index in [0.717, 1.165) is 39.4 Å². The zero-order valence-corrected chi connectivity index (χ0v) is 14.0. The molecule has 1 aliphatic rings. The fourth-order valence-electron chi connectivity index (χ4n) is 3.24. The maximum atomic E-state index is 6.51.